The molecule has 2 aliphatic carbocycles. The second kappa shape index (κ2) is 25.4. The number of hydrogen-bond acceptors (Lipinski definition) is 14. The molecule has 364 valence electrons. The van der Waals surface area contributed by atoms with Crippen LogP contribution in [0.3, 0.4) is 0 Å². The molecule has 0 spiro atoms. The Morgan fingerprint density at radius 3 is 2.18 bits per heavy atom. The highest BCUT2D eigenvalue weighted by atomic mass is 16.7. The minimum absolute atomic E-state index is 0.00237. The minimum Gasteiger partial charge on any atom is -0.507 e. The Hall–Kier alpha value is -4.71. The first kappa shape index (κ1) is 52.3. The van der Waals surface area contributed by atoms with Gasteiger partial charge in [0, 0.05) is 54.5 Å². The maximum Gasteiger partial charge on any atom is 0.407 e. The molecule has 16 nitrogen and oxygen atoms in total. The number of Topliss-reactive ketones (excluding diaryl/α,β-unsaturated/α-hetero) is 1. The van der Waals surface area contributed by atoms with Crippen LogP contribution in [0.4, 0.5) is 4.79 Å². The lowest BCUT2D eigenvalue weighted by Gasteiger charge is -2.43. The zero-order valence-electron chi connectivity index (χ0n) is 38.5. The van der Waals surface area contributed by atoms with Crippen molar-refractivity contribution < 1.29 is 68.8 Å². The molecule has 6 atom stereocenters. The molecule has 1 fully saturated rings. The third-order valence-corrected chi connectivity index (χ3v) is 12.9. The number of aromatic hydroxyl groups is 2. The summed E-state index contributed by atoms with van der Waals surface area (Å²) in [6, 6.07) is 3.32. The molecule has 0 saturated carbocycles. The summed E-state index contributed by atoms with van der Waals surface area (Å²) in [5.74, 6) is -4.68. The zero-order chi connectivity index (χ0) is 47.8. The molecule has 16 heteroatoms. The molecule has 1 saturated heterocycles. The summed E-state index contributed by atoms with van der Waals surface area (Å²) >= 11 is 0. The molecule has 0 radical (unpaired) electrons. The number of ketones is 3. The minimum atomic E-state index is -2.36. The molecule has 0 aromatic heterocycles. The van der Waals surface area contributed by atoms with Crippen molar-refractivity contribution in [2.75, 3.05) is 19.8 Å². The van der Waals surface area contributed by atoms with Crippen LogP contribution in [0.25, 0.3) is 0 Å². The molecule has 2 aromatic carbocycles. The van der Waals surface area contributed by atoms with Crippen molar-refractivity contribution >= 4 is 29.4 Å². The lowest BCUT2D eigenvalue weighted by atomic mass is 9.71. The van der Waals surface area contributed by atoms with Crippen LogP contribution in [0.2, 0.25) is 0 Å². The third-order valence-electron chi connectivity index (χ3n) is 12.9. The van der Waals surface area contributed by atoms with Gasteiger partial charge >= 0.3 is 6.09 Å². The van der Waals surface area contributed by atoms with Crippen molar-refractivity contribution in [3.8, 4) is 11.5 Å². The van der Waals surface area contributed by atoms with Gasteiger partial charge in [0.25, 0.3) is 0 Å². The van der Waals surface area contributed by atoms with Gasteiger partial charge in [0.1, 0.15) is 29.8 Å². The fourth-order valence-electron chi connectivity index (χ4n) is 9.21. The van der Waals surface area contributed by atoms with Gasteiger partial charge in [-0.15, -0.1) is 0 Å². The van der Waals surface area contributed by atoms with Gasteiger partial charge in [0.15, 0.2) is 23.6 Å². The highest BCUT2D eigenvalue weighted by Crippen LogP contribution is 2.52. The Labute approximate surface area is 387 Å². The summed E-state index contributed by atoms with van der Waals surface area (Å²) < 4.78 is 17.4. The number of benzene rings is 2. The molecule has 2 aromatic rings. The number of phenolic OH excluding ortho intramolecular Hbond substituents is 2. The molecule has 66 heavy (non-hydrogen) atoms. The summed E-state index contributed by atoms with van der Waals surface area (Å²) in [7, 11) is 0. The smallest absolute Gasteiger partial charge is 0.407 e. The number of alkyl carbamates (subject to hydrolysis) is 1. The van der Waals surface area contributed by atoms with Crippen LogP contribution in [0.1, 0.15) is 184 Å². The Morgan fingerprint density at radius 1 is 0.864 bits per heavy atom. The average molecular weight is 923 g/mol. The number of fused-ring (bicyclic) bond motifs is 3. The van der Waals surface area contributed by atoms with Gasteiger partial charge in [-0.2, -0.15) is 0 Å². The maximum absolute atomic E-state index is 13.9. The van der Waals surface area contributed by atoms with E-state index in [9.17, 15) is 54.6 Å². The lowest BCUT2D eigenvalue weighted by molar-refractivity contribution is -0.249. The number of aliphatic hydroxyl groups is 4. The van der Waals surface area contributed by atoms with Crippen LogP contribution in [0.15, 0.2) is 30.4 Å². The first-order valence-corrected chi connectivity index (χ1v) is 23.9. The van der Waals surface area contributed by atoms with E-state index in [0.29, 0.717) is 6.61 Å². The van der Waals surface area contributed by atoms with E-state index in [-0.39, 0.29) is 53.6 Å². The van der Waals surface area contributed by atoms with Crippen molar-refractivity contribution in [3.63, 3.8) is 0 Å². The number of rotatable bonds is 26. The number of aliphatic hydroxyl groups excluding tert-OH is 3. The van der Waals surface area contributed by atoms with Crippen molar-refractivity contribution in [1.29, 1.82) is 0 Å². The number of ether oxygens (including phenoxy) is 3. The predicted octanol–water partition coefficient (Wildman–Crippen LogP) is 6.19. The number of carbonyl (C=O) groups is 5. The van der Waals surface area contributed by atoms with Crippen molar-refractivity contribution in [3.05, 3.63) is 69.3 Å². The summed E-state index contributed by atoms with van der Waals surface area (Å²) in [6.07, 6.45) is 14.7. The number of carbonyl (C=O) groups excluding carboxylic acids is 5. The van der Waals surface area contributed by atoms with E-state index >= 15 is 0 Å². The van der Waals surface area contributed by atoms with E-state index in [1.54, 1.807) is 0 Å². The van der Waals surface area contributed by atoms with Gasteiger partial charge in [-0.3, -0.25) is 19.2 Å². The second-order valence-electron chi connectivity index (χ2n) is 17.9. The molecule has 2 amide bonds. The van der Waals surface area contributed by atoms with E-state index in [2.05, 4.69) is 29.7 Å². The quantitative estimate of drug-likeness (QED) is 0.0254. The fourth-order valence-corrected chi connectivity index (χ4v) is 9.21. The summed E-state index contributed by atoms with van der Waals surface area (Å²) in [4.78, 5) is 65.9. The molecule has 1 heterocycles. The van der Waals surface area contributed by atoms with Gasteiger partial charge in [0.2, 0.25) is 5.91 Å². The molecule has 0 bridgehead atoms. The summed E-state index contributed by atoms with van der Waals surface area (Å²) in [5.41, 5.74) is -4.08. The summed E-state index contributed by atoms with van der Waals surface area (Å²) in [6.45, 7) is 2.57. The number of allylic oxidation sites excluding steroid dienone is 2. The van der Waals surface area contributed by atoms with E-state index in [1.807, 2.05) is 0 Å². The highest BCUT2D eigenvalue weighted by Gasteiger charge is 2.50. The molecular weight excluding hydrogens is 853 g/mol. The number of unbranched alkanes of at least 4 members (excludes halogenated alkanes) is 12. The molecule has 1 aliphatic heterocycles. The first-order valence-electron chi connectivity index (χ1n) is 23.9. The number of amides is 2. The largest absolute Gasteiger partial charge is 0.507 e. The second-order valence-corrected chi connectivity index (χ2v) is 17.9. The first-order chi connectivity index (χ1) is 31.8. The molecule has 5 rings (SSSR count). The van der Waals surface area contributed by atoms with Gasteiger partial charge in [-0.1, -0.05) is 95.1 Å². The third kappa shape index (κ3) is 13.3. The van der Waals surface area contributed by atoms with Crippen LogP contribution in [-0.4, -0.2) is 110 Å². The Morgan fingerprint density at radius 2 is 1.52 bits per heavy atom. The van der Waals surface area contributed by atoms with E-state index in [1.165, 1.54) is 82.9 Å². The van der Waals surface area contributed by atoms with Gasteiger partial charge in [-0.05, 0) is 51.0 Å². The molecule has 0 unspecified atom stereocenters. The highest BCUT2D eigenvalue weighted by molar-refractivity contribution is 6.31. The fraction of sp³-hybridized carbons (Fsp3) is 0.620. The monoisotopic (exact) mass is 922 g/mol. The maximum atomic E-state index is 13.9. The molecular formula is C50H70N2O14. The number of phenols is 2. The Balaban J connectivity index is 1.08. The van der Waals surface area contributed by atoms with Crippen LogP contribution in [0.5, 0.6) is 11.5 Å². The topological polar surface area (TPSA) is 258 Å². The van der Waals surface area contributed by atoms with Crippen LogP contribution in [-0.2, 0) is 36.8 Å². The van der Waals surface area contributed by atoms with Crippen LogP contribution >= 0.6 is 0 Å². The van der Waals surface area contributed by atoms with E-state index < -0.39 is 114 Å². The van der Waals surface area contributed by atoms with Gasteiger partial charge in [0.05, 0.1) is 42.6 Å². The lowest BCUT2D eigenvalue weighted by Crippen LogP contribution is -2.55. The average Bonchev–Trinajstić information content (AvgIpc) is 3.30. The van der Waals surface area contributed by atoms with Crippen LogP contribution < -0.4 is 10.6 Å². The predicted molar refractivity (Wildman–Crippen MR) is 243 cm³/mol. The van der Waals surface area contributed by atoms with Gasteiger partial charge < -0.3 is 55.5 Å². The number of hydrogen-bond donors (Lipinski definition) is 8. The standard InChI is InChI=1S/C50H70N2O14/c1-3-4-5-6-7-8-9-10-11-12-13-14-15-16-17-18-25-64-49(62)51-24-20-23-38(56)52-35-26-39(65-31(2)44(35)57)66-36-28-50(63,37(55)30-54)27-34-41(36)48(61)43-42(46(34)59)45(58)33-22-19-21-32(29-53)40(33)47(43)60/h10-11,19,21-22,31,35-36,39,44,53-54,57,59,61,63H,3-9,12-18,20,23-30H2,1-2H3,(H,51,62)(H,52,56)/b11-10-/t31-,35-,36-,39-,44+,50-/m0/s1. The van der Waals surface area contributed by atoms with Crippen LogP contribution in [0, 0.1) is 0 Å². The zero-order valence-corrected chi connectivity index (χ0v) is 38.5. The van der Waals surface area contributed by atoms with E-state index in [4.69, 9.17) is 14.2 Å². The summed E-state index contributed by atoms with van der Waals surface area (Å²) in [5, 5.41) is 71.1. The van der Waals surface area contributed by atoms with Crippen molar-refractivity contribution in [1.82, 2.24) is 10.6 Å². The Bertz CT molecular complexity index is 2040. The number of nitrogens with one attached hydrogen (secondary N) is 2. The van der Waals surface area contributed by atoms with E-state index in [0.717, 1.165) is 32.1 Å². The SMILES string of the molecule is CCCCCCCC/C=C\CCCCCCCCOC(=O)NCCCC(=O)N[C@H]1C[C@H](O[C@H]2C[C@](O)(C(=O)CO)Cc3c(O)c4c(c(O)c32)C(=O)c2c(CO)cccc2C4=O)O[C@@H](C)[C@H]1O. The molecule has 3 aliphatic rings. The van der Waals surface area contributed by atoms with Crippen molar-refractivity contribution in [2.45, 2.75) is 179 Å². The Kier molecular flexibility index (Phi) is 20.1. The van der Waals surface area contributed by atoms with Gasteiger partial charge in [-0.25, -0.2) is 4.79 Å². The normalized spacial score (nSPS) is 22.4. The molecule has 8 N–H and O–H groups in total. The van der Waals surface area contributed by atoms with Crippen molar-refractivity contribution in [2.24, 2.45) is 0 Å².